The maximum atomic E-state index is 13.0. The van der Waals surface area contributed by atoms with Crippen LogP contribution in [0, 0.1) is 5.41 Å². The third-order valence-corrected chi connectivity index (χ3v) is 5.13. The lowest BCUT2D eigenvalue weighted by Crippen LogP contribution is -2.28. The normalized spacial score (nSPS) is 15.3. The van der Waals surface area contributed by atoms with Crippen molar-refractivity contribution in [1.29, 1.82) is 0 Å². The van der Waals surface area contributed by atoms with Crippen molar-refractivity contribution >= 4 is 5.78 Å². The Bertz CT molecular complexity index is 989. The first kappa shape index (κ1) is 17.5. The fraction of sp³-hybridized carbons (Fsp3) is 0.250. The molecule has 3 nitrogen and oxygen atoms in total. The number of pyridine rings is 1. The van der Waals surface area contributed by atoms with Crippen LogP contribution in [-0.4, -0.2) is 17.9 Å². The molecule has 136 valence electrons. The SMILES string of the molecule is COc1ccc(-c2cc(-c3ccccc3)c3c(n2)CC(C)(C)CC3=O)cc1. The highest BCUT2D eigenvalue weighted by Crippen LogP contribution is 2.40. The number of ketones is 1. The molecule has 0 spiro atoms. The van der Waals surface area contributed by atoms with Crippen molar-refractivity contribution in [1.82, 2.24) is 4.98 Å². The van der Waals surface area contributed by atoms with Crippen LogP contribution in [0.5, 0.6) is 5.75 Å². The zero-order valence-corrected chi connectivity index (χ0v) is 16.0. The summed E-state index contributed by atoms with van der Waals surface area (Å²) in [5.74, 6) is 1.00. The van der Waals surface area contributed by atoms with Crippen LogP contribution < -0.4 is 4.74 Å². The second-order valence-electron chi connectivity index (χ2n) is 7.91. The van der Waals surface area contributed by atoms with Crippen LogP contribution in [-0.2, 0) is 6.42 Å². The van der Waals surface area contributed by atoms with Gasteiger partial charge in [0.1, 0.15) is 5.75 Å². The summed E-state index contributed by atoms with van der Waals surface area (Å²) in [7, 11) is 1.66. The molecule has 0 unspecified atom stereocenters. The van der Waals surface area contributed by atoms with E-state index in [1.54, 1.807) is 7.11 Å². The summed E-state index contributed by atoms with van der Waals surface area (Å²) in [5.41, 5.74) is 5.57. The van der Waals surface area contributed by atoms with Crippen LogP contribution in [0.25, 0.3) is 22.4 Å². The lowest BCUT2D eigenvalue weighted by Gasteiger charge is -2.31. The number of ether oxygens (including phenoxy) is 1. The van der Waals surface area contributed by atoms with Gasteiger partial charge in [-0.05, 0) is 53.3 Å². The highest BCUT2D eigenvalue weighted by Gasteiger charge is 2.34. The zero-order chi connectivity index (χ0) is 19.0. The van der Waals surface area contributed by atoms with Crippen molar-refractivity contribution in [2.75, 3.05) is 7.11 Å². The number of fused-ring (bicyclic) bond motifs is 1. The molecule has 3 aromatic rings. The number of rotatable bonds is 3. The predicted octanol–water partition coefficient (Wildman–Crippen LogP) is 5.58. The van der Waals surface area contributed by atoms with Crippen molar-refractivity contribution < 1.29 is 9.53 Å². The summed E-state index contributed by atoms with van der Waals surface area (Å²) in [4.78, 5) is 17.9. The van der Waals surface area contributed by atoms with Gasteiger partial charge in [-0.15, -0.1) is 0 Å². The Morgan fingerprint density at radius 2 is 1.63 bits per heavy atom. The molecule has 4 rings (SSSR count). The van der Waals surface area contributed by atoms with Gasteiger partial charge in [0.15, 0.2) is 5.78 Å². The van der Waals surface area contributed by atoms with E-state index < -0.39 is 0 Å². The van der Waals surface area contributed by atoms with Crippen molar-refractivity contribution in [3.63, 3.8) is 0 Å². The van der Waals surface area contributed by atoms with E-state index in [2.05, 4.69) is 26.0 Å². The molecule has 0 aliphatic heterocycles. The number of carbonyl (C=O) groups excluding carboxylic acids is 1. The maximum Gasteiger partial charge on any atom is 0.165 e. The van der Waals surface area contributed by atoms with E-state index in [-0.39, 0.29) is 11.2 Å². The van der Waals surface area contributed by atoms with Crippen molar-refractivity contribution in [2.24, 2.45) is 5.41 Å². The largest absolute Gasteiger partial charge is 0.497 e. The van der Waals surface area contributed by atoms with Crippen LogP contribution in [0.3, 0.4) is 0 Å². The third-order valence-electron chi connectivity index (χ3n) is 5.13. The van der Waals surface area contributed by atoms with E-state index >= 15 is 0 Å². The van der Waals surface area contributed by atoms with Gasteiger partial charge in [0.25, 0.3) is 0 Å². The predicted molar refractivity (Wildman–Crippen MR) is 108 cm³/mol. The smallest absolute Gasteiger partial charge is 0.165 e. The number of hydrogen-bond acceptors (Lipinski definition) is 3. The summed E-state index contributed by atoms with van der Waals surface area (Å²) in [6.45, 7) is 4.27. The number of hydrogen-bond donors (Lipinski definition) is 0. The summed E-state index contributed by atoms with van der Waals surface area (Å²) in [5, 5.41) is 0. The number of nitrogens with zero attached hydrogens (tertiary/aromatic N) is 1. The summed E-state index contributed by atoms with van der Waals surface area (Å²) >= 11 is 0. The molecule has 1 heterocycles. The van der Waals surface area contributed by atoms with Gasteiger partial charge in [-0.3, -0.25) is 9.78 Å². The monoisotopic (exact) mass is 357 g/mol. The Balaban J connectivity index is 1.93. The number of carbonyl (C=O) groups is 1. The minimum absolute atomic E-state index is 0.0659. The molecule has 0 amide bonds. The zero-order valence-electron chi connectivity index (χ0n) is 16.0. The Kier molecular flexibility index (Phi) is 4.31. The van der Waals surface area contributed by atoms with Gasteiger partial charge in [0.2, 0.25) is 0 Å². The van der Waals surface area contributed by atoms with E-state index in [0.29, 0.717) is 6.42 Å². The first-order valence-corrected chi connectivity index (χ1v) is 9.24. The Hall–Kier alpha value is -2.94. The molecule has 0 saturated carbocycles. The summed E-state index contributed by atoms with van der Waals surface area (Å²) in [6, 6.07) is 20.1. The summed E-state index contributed by atoms with van der Waals surface area (Å²) in [6.07, 6.45) is 1.36. The second-order valence-corrected chi connectivity index (χ2v) is 7.91. The number of aromatic nitrogens is 1. The topological polar surface area (TPSA) is 39.2 Å². The van der Waals surface area contributed by atoms with Crippen LogP contribution in [0.15, 0.2) is 60.7 Å². The van der Waals surface area contributed by atoms with Gasteiger partial charge >= 0.3 is 0 Å². The molecule has 3 heteroatoms. The van der Waals surface area contributed by atoms with Crippen LogP contribution >= 0.6 is 0 Å². The molecule has 1 aliphatic carbocycles. The van der Waals surface area contributed by atoms with Gasteiger partial charge in [-0.2, -0.15) is 0 Å². The molecule has 0 fully saturated rings. The standard InChI is InChI=1S/C24H23NO2/c1-24(2)14-21-23(22(26)15-24)19(16-7-5-4-6-8-16)13-20(25-21)17-9-11-18(27-3)12-10-17/h4-13H,14-15H2,1-3H3. The molecule has 1 aliphatic rings. The average molecular weight is 357 g/mol. The molecule has 27 heavy (non-hydrogen) atoms. The van der Waals surface area contributed by atoms with E-state index in [1.165, 1.54) is 0 Å². The second kappa shape index (κ2) is 6.66. The minimum Gasteiger partial charge on any atom is -0.497 e. The quantitative estimate of drug-likeness (QED) is 0.614. The Morgan fingerprint density at radius 3 is 2.30 bits per heavy atom. The minimum atomic E-state index is -0.0659. The first-order valence-electron chi connectivity index (χ1n) is 9.24. The molecule has 2 aromatic carbocycles. The molecular formula is C24H23NO2. The average Bonchev–Trinajstić information content (AvgIpc) is 2.66. The van der Waals surface area contributed by atoms with Gasteiger partial charge in [-0.25, -0.2) is 0 Å². The molecule has 0 saturated heterocycles. The van der Waals surface area contributed by atoms with Crippen LogP contribution in [0.1, 0.15) is 36.3 Å². The van der Waals surface area contributed by atoms with Crippen molar-refractivity contribution in [3.05, 3.63) is 71.9 Å². The van der Waals surface area contributed by atoms with Gasteiger partial charge in [0.05, 0.1) is 18.5 Å². The van der Waals surface area contributed by atoms with Gasteiger partial charge in [-0.1, -0.05) is 44.2 Å². The Labute approximate surface area is 160 Å². The van der Waals surface area contributed by atoms with E-state index in [1.807, 2.05) is 48.5 Å². The van der Waals surface area contributed by atoms with Gasteiger partial charge < -0.3 is 4.74 Å². The molecule has 1 aromatic heterocycles. The highest BCUT2D eigenvalue weighted by molar-refractivity contribution is 6.05. The third kappa shape index (κ3) is 3.37. The van der Waals surface area contributed by atoms with Crippen LogP contribution in [0.4, 0.5) is 0 Å². The molecule has 0 radical (unpaired) electrons. The van der Waals surface area contributed by atoms with E-state index in [0.717, 1.165) is 45.8 Å². The van der Waals surface area contributed by atoms with Crippen molar-refractivity contribution in [3.8, 4) is 28.1 Å². The number of Topliss-reactive ketones (excluding diaryl/α,β-unsaturated/α-hetero) is 1. The molecular weight excluding hydrogens is 334 g/mol. The lowest BCUT2D eigenvalue weighted by atomic mass is 9.74. The molecule has 0 N–H and O–H groups in total. The van der Waals surface area contributed by atoms with Crippen LogP contribution in [0.2, 0.25) is 0 Å². The highest BCUT2D eigenvalue weighted by atomic mass is 16.5. The molecule has 0 atom stereocenters. The fourth-order valence-electron chi connectivity index (χ4n) is 3.83. The lowest BCUT2D eigenvalue weighted by molar-refractivity contribution is 0.0911. The molecule has 0 bridgehead atoms. The number of benzene rings is 2. The summed E-state index contributed by atoms with van der Waals surface area (Å²) < 4.78 is 5.26. The van der Waals surface area contributed by atoms with E-state index in [4.69, 9.17) is 9.72 Å². The van der Waals surface area contributed by atoms with Crippen molar-refractivity contribution in [2.45, 2.75) is 26.7 Å². The number of methoxy groups -OCH3 is 1. The maximum absolute atomic E-state index is 13.0. The van der Waals surface area contributed by atoms with E-state index in [9.17, 15) is 4.79 Å². The first-order chi connectivity index (χ1) is 13.0. The Morgan fingerprint density at radius 1 is 0.926 bits per heavy atom. The van der Waals surface area contributed by atoms with Gasteiger partial charge in [0, 0.05) is 17.5 Å². The fourth-order valence-corrected chi connectivity index (χ4v) is 3.83.